The number of likely N-dealkylation sites (tertiary alicyclic amines) is 1. The van der Waals surface area contributed by atoms with Crippen LogP contribution in [0.15, 0.2) is 54.6 Å². The van der Waals surface area contributed by atoms with Gasteiger partial charge in [-0.2, -0.15) is 0 Å². The van der Waals surface area contributed by atoms with Gasteiger partial charge in [0.05, 0.1) is 6.54 Å². The van der Waals surface area contributed by atoms with Gasteiger partial charge in [0.1, 0.15) is 0 Å². The van der Waals surface area contributed by atoms with Crippen LogP contribution >= 0.6 is 0 Å². The molecule has 132 valence electrons. The van der Waals surface area contributed by atoms with Gasteiger partial charge >= 0.3 is 0 Å². The molecule has 3 rings (SSSR count). The number of nitrogens with one attached hydrogen (secondary N) is 1. The Morgan fingerprint density at radius 1 is 1.00 bits per heavy atom. The van der Waals surface area contributed by atoms with Crippen molar-refractivity contribution < 1.29 is 4.79 Å². The minimum Gasteiger partial charge on any atom is -0.342 e. The highest BCUT2D eigenvalue weighted by Gasteiger charge is 2.22. The Morgan fingerprint density at radius 3 is 2.36 bits per heavy atom. The molecule has 1 aliphatic heterocycles. The van der Waals surface area contributed by atoms with Gasteiger partial charge in [-0.1, -0.05) is 60.2 Å². The third kappa shape index (κ3) is 5.43. The second-order valence-electron chi connectivity index (χ2n) is 7.10. The Labute approximate surface area is 151 Å². The lowest BCUT2D eigenvalue weighted by molar-refractivity contribution is -0.131. The first-order valence-corrected chi connectivity index (χ1v) is 9.28. The smallest absolute Gasteiger partial charge is 0.236 e. The van der Waals surface area contributed by atoms with E-state index in [4.69, 9.17) is 0 Å². The van der Waals surface area contributed by atoms with Crippen molar-refractivity contribution in [1.29, 1.82) is 0 Å². The number of piperidine rings is 1. The van der Waals surface area contributed by atoms with E-state index in [1.165, 1.54) is 16.7 Å². The summed E-state index contributed by atoms with van der Waals surface area (Å²) in [5.41, 5.74) is 3.89. The summed E-state index contributed by atoms with van der Waals surface area (Å²) in [7, 11) is 0. The fourth-order valence-electron chi connectivity index (χ4n) is 3.47. The average molecular weight is 336 g/mol. The fourth-order valence-corrected chi connectivity index (χ4v) is 3.47. The van der Waals surface area contributed by atoms with E-state index >= 15 is 0 Å². The molecule has 1 heterocycles. The van der Waals surface area contributed by atoms with E-state index < -0.39 is 0 Å². The summed E-state index contributed by atoms with van der Waals surface area (Å²) in [6.45, 7) is 5.04. The zero-order chi connectivity index (χ0) is 17.5. The second kappa shape index (κ2) is 8.82. The highest BCUT2D eigenvalue weighted by molar-refractivity contribution is 5.78. The Kier molecular flexibility index (Phi) is 6.24. The van der Waals surface area contributed by atoms with E-state index in [2.05, 4.69) is 66.8 Å². The standard InChI is InChI=1S/C22H28N2O/c1-18-7-9-21(10-8-18)16-23-17-22(25)24-13-11-20(12-14-24)15-19-5-3-2-4-6-19/h2-10,20,23H,11-17H2,1H3. The molecular weight excluding hydrogens is 308 g/mol. The minimum atomic E-state index is 0.227. The third-order valence-corrected chi connectivity index (χ3v) is 5.06. The van der Waals surface area contributed by atoms with Crippen LogP contribution in [0, 0.1) is 12.8 Å². The Balaban J connectivity index is 1.37. The average Bonchev–Trinajstić information content (AvgIpc) is 2.65. The van der Waals surface area contributed by atoms with Gasteiger partial charge in [0.2, 0.25) is 5.91 Å². The number of carbonyl (C=O) groups is 1. The van der Waals surface area contributed by atoms with Crippen LogP contribution in [-0.4, -0.2) is 30.4 Å². The first kappa shape index (κ1) is 17.7. The molecule has 2 aromatic carbocycles. The number of carbonyl (C=O) groups excluding carboxylic acids is 1. The molecule has 3 nitrogen and oxygen atoms in total. The molecule has 1 fully saturated rings. The number of amides is 1. The molecule has 0 unspecified atom stereocenters. The van der Waals surface area contributed by atoms with Crippen molar-refractivity contribution in [2.24, 2.45) is 5.92 Å². The molecule has 1 N–H and O–H groups in total. The van der Waals surface area contributed by atoms with Crippen LogP contribution in [0.4, 0.5) is 0 Å². The SMILES string of the molecule is Cc1ccc(CNCC(=O)N2CCC(Cc3ccccc3)CC2)cc1. The molecule has 1 saturated heterocycles. The number of rotatable bonds is 6. The molecule has 0 saturated carbocycles. The Hall–Kier alpha value is -2.13. The van der Waals surface area contributed by atoms with Crippen molar-refractivity contribution in [1.82, 2.24) is 10.2 Å². The van der Waals surface area contributed by atoms with Crippen molar-refractivity contribution in [2.45, 2.75) is 32.7 Å². The number of nitrogens with zero attached hydrogens (tertiary/aromatic N) is 1. The van der Waals surface area contributed by atoms with Gasteiger partial charge in [-0.15, -0.1) is 0 Å². The van der Waals surface area contributed by atoms with E-state index in [-0.39, 0.29) is 5.91 Å². The van der Waals surface area contributed by atoms with Crippen LogP contribution in [-0.2, 0) is 17.8 Å². The Morgan fingerprint density at radius 2 is 1.68 bits per heavy atom. The second-order valence-corrected chi connectivity index (χ2v) is 7.10. The normalized spacial score (nSPS) is 15.3. The summed E-state index contributed by atoms with van der Waals surface area (Å²) in [5, 5.41) is 3.28. The van der Waals surface area contributed by atoms with Crippen LogP contribution < -0.4 is 5.32 Å². The summed E-state index contributed by atoms with van der Waals surface area (Å²) >= 11 is 0. The van der Waals surface area contributed by atoms with Crippen LogP contribution in [0.3, 0.4) is 0 Å². The molecule has 0 atom stereocenters. The molecule has 0 spiro atoms. The highest BCUT2D eigenvalue weighted by atomic mass is 16.2. The van der Waals surface area contributed by atoms with Crippen molar-refractivity contribution in [2.75, 3.05) is 19.6 Å². The van der Waals surface area contributed by atoms with Gasteiger partial charge in [0.15, 0.2) is 0 Å². The fraction of sp³-hybridized carbons (Fsp3) is 0.409. The zero-order valence-corrected chi connectivity index (χ0v) is 15.1. The molecule has 1 amide bonds. The van der Waals surface area contributed by atoms with E-state index in [0.717, 1.165) is 38.9 Å². The maximum absolute atomic E-state index is 12.4. The first-order chi connectivity index (χ1) is 12.2. The van der Waals surface area contributed by atoms with Gasteiger partial charge < -0.3 is 10.2 Å². The predicted octanol–water partition coefficient (Wildman–Crippen LogP) is 3.57. The molecule has 0 aromatic heterocycles. The summed E-state index contributed by atoms with van der Waals surface area (Å²) in [6, 6.07) is 19.1. The number of benzene rings is 2. The molecule has 2 aromatic rings. The van der Waals surface area contributed by atoms with Gasteiger partial charge in [-0.25, -0.2) is 0 Å². The minimum absolute atomic E-state index is 0.227. The summed E-state index contributed by atoms with van der Waals surface area (Å²) < 4.78 is 0. The molecule has 0 radical (unpaired) electrons. The van der Waals surface area contributed by atoms with Crippen molar-refractivity contribution in [3.8, 4) is 0 Å². The van der Waals surface area contributed by atoms with E-state index in [1.54, 1.807) is 0 Å². The van der Waals surface area contributed by atoms with Crippen molar-refractivity contribution in [3.05, 3.63) is 71.3 Å². The van der Waals surface area contributed by atoms with E-state index in [0.29, 0.717) is 12.5 Å². The number of aryl methyl sites for hydroxylation is 1. The van der Waals surface area contributed by atoms with Crippen LogP contribution in [0.1, 0.15) is 29.5 Å². The van der Waals surface area contributed by atoms with Gasteiger partial charge in [0.25, 0.3) is 0 Å². The third-order valence-electron chi connectivity index (χ3n) is 5.06. The Bertz CT molecular complexity index is 658. The highest BCUT2D eigenvalue weighted by Crippen LogP contribution is 2.21. The van der Waals surface area contributed by atoms with E-state index in [9.17, 15) is 4.79 Å². The molecule has 0 bridgehead atoms. The van der Waals surface area contributed by atoms with Gasteiger partial charge in [0, 0.05) is 19.6 Å². The summed E-state index contributed by atoms with van der Waals surface area (Å²) in [6.07, 6.45) is 3.35. The monoisotopic (exact) mass is 336 g/mol. The summed E-state index contributed by atoms with van der Waals surface area (Å²) in [5.74, 6) is 0.928. The van der Waals surface area contributed by atoms with Crippen molar-refractivity contribution >= 4 is 5.91 Å². The number of hydrogen-bond acceptors (Lipinski definition) is 2. The lowest BCUT2D eigenvalue weighted by Crippen LogP contribution is -2.43. The lowest BCUT2D eigenvalue weighted by Gasteiger charge is -2.32. The lowest BCUT2D eigenvalue weighted by atomic mass is 9.90. The summed E-state index contributed by atoms with van der Waals surface area (Å²) in [4.78, 5) is 14.4. The van der Waals surface area contributed by atoms with Crippen molar-refractivity contribution in [3.63, 3.8) is 0 Å². The molecule has 3 heteroatoms. The van der Waals surface area contributed by atoms with Crippen LogP contribution in [0.2, 0.25) is 0 Å². The number of hydrogen-bond donors (Lipinski definition) is 1. The first-order valence-electron chi connectivity index (χ1n) is 9.28. The van der Waals surface area contributed by atoms with Gasteiger partial charge in [-0.05, 0) is 43.2 Å². The quantitative estimate of drug-likeness (QED) is 0.875. The molecule has 25 heavy (non-hydrogen) atoms. The molecule has 0 aliphatic carbocycles. The maximum atomic E-state index is 12.4. The van der Waals surface area contributed by atoms with Crippen LogP contribution in [0.25, 0.3) is 0 Å². The maximum Gasteiger partial charge on any atom is 0.236 e. The molecule has 1 aliphatic rings. The van der Waals surface area contributed by atoms with E-state index in [1.807, 2.05) is 4.90 Å². The predicted molar refractivity (Wildman–Crippen MR) is 102 cm³/mol. The molecular formula is C22H28N2O. The van der Waals surface area contributed by atoms with Crippen LogP contribution in [0.5, 0.6) is 0 Å². The topological polar surface area (TPSA) is 32.3 Å². The zero-order valence-electron chi connectivity index (χ0n) is 15.1. The van der Waals surface area contributed by atoms with Gasteiger partial charge in [-0.3, -0.25) is 4.79 Å². The largest absolute Gasteiger partial charge is 0.342 e.